The molecule has 0 aliphatic heterocycles. The maximum atomic E-state index is 11.7. The van der Waals surface area contributed by atoms with E-state index >= 15 is 0 Å². The van der Waals surface area contributed by atoms with E-state index in [4.69, 9.17) is 0 Å². The van der Waals surface area contributed by atoms with Crippen LogP contribution in [0.25, 0.3) is 0 Å². The molecule has 0 saturated heterocycles. The number of rotatable bonds is 0. The second-order valence-electron chi connectivity index (χ2n) is 5.06. The Bertz CT molecular complexity index is 318. The van der Waals surface area contributed by atoms with Crippen LogP contribution >= 0.6 is 0 Å². The highest BCUT2D eigenvalue weighted by Crippen LogP contribution is 2.53. The fourth-order valence-corrected chi connectivity index (χ4v) is 3.65. The largest absolute Gasteiger partial charge is 0.389 e. The Labute approximate surface area is 84.0 Å². The van der Waals surface area contributed by atoms with E-state index in [1.165, 1.54) is 5.57 Å². The molecule has 3 aliphatic rings. The molecule has 2 heteroatoms. The van der Waals surface area contributed by atoms with Crippen molar-refractivity contribution < 1.29 is 9.90 Å². The van der Waals surface area contributed by atoms with Gasteiger partial charge >= 0.3 is 0 Å². The van der Waals surface area contributed by atoms with Crippen LogP contribution in [0.5, 0.6) is 0 Å². The molecular formula is C12H16O2. The quantitative estimate of drug-likeness (QED) is 0.635. The van der Waals surface area contributed by atoms with Crippen LogP contribution in [0.4, 0.5) is 0 Å². The summed E-state index contributed by atoms with van der Waals surface area (Å²) in [5.41, 5.74) is 0.712. The van der Waals surface area contributed by atoms with Crippen molar-refractivity contribution in [2.45, 2.75) is 44.1 Å². The first kappa shape index (κ1) is 8.66. The molecule has 1 N–H and O–H groups in total. The van der Waals surface area contributed by atoms with Gasteiger partial charge in [0.05, 0.1) is 5.60 Å². The molecule has 3 unspecified atom stereocenters. The molecule has 2 saturated carbocycles. The van der Waals surface area contributed by atoms with Gasteiger partial charge in [0.2, 0.25) is 0 Å². The van der Waals surface area contributed by atoms with Crippen molar-refractivity contribution in [3.63, 3.8) is 0 Å². The number of carbonyl (C=O) groups is 1. The van der Waals surface area contributed by atoms with Gasteiger partial charge in [-0.15, -0.1) is 0 Å². The van der Waals surface area contributed by atoms with Gasteiger partial charge in [-0.3, -0.25) is 4.79 Å². The molecule has 0 aromatic rings. The van der Waals surface area contributed by atoms with E-state index in [1.54, 1.807) is 0 Å². The molecule has 14 heavy (non-hydrogen) atoms. The summed E-state index contributed by atoms with van der Waals surface area (Å²) in [6.45, 7) is 0. The van der Waals surface area contributed by atoms with E-state index in [9.17, 15) is 9.90 Å². The van der Waals surface area contributed by atoms with Gasteiger partial charge in [0, 0.05) is 11.8 Å². The van der Waals surface area contributed by atoms with Crippen molar-refractivity contribution >= 4 is 5.78 Å². The van der Waals surface area contributed by atoms with Gasteiger partial charge in [-0.2, -0.15) is 0 Å². The molecule has 0 spiro atoms. The maximum Gasteiger partial charge on any atom is 0.159 e. The predicted octanol–water partition coefficient (Wildman–Crippen LogP) is 1.83. The van der Waals surface area contributed by atoms with Crippen LogP contribution in [0.15, 0.2) is 11.6 Å². The highest BCUT2D eigenvalue weighted by atomic mass is 16.3. The second kappa shape index (κ2) is 2.69. The monoisotopic (exact) mass is 192 g/mol. The van der Waals surface area contributed by atoms with Gasteiger partial charge < -0.3 is 5.11 Å². The summed E-state index contributed by atoms with van der Waals surface area (Å²) in [6, 6.07) is 0. The fourth-order valence-electron chi connectivity index (χ4n) is 3.65. The summed E-state index contributed by atoms with van der Waals surface area (Å²) in [5, 5.41) is 10.5. The normalized spacial score (nSPS) is 46.1. The van der Waals surface area contributed by atoms with Gasteiger partial charge in [0.25, 0.3) is 0 Å². The Morgan fingerprint density at radius 1 is 1.36 bits per heavy atom. The van der Waals surface area contributed by atoms with Crippen molar-refractivity contribution in [3.05, 3.63) is 11.6 Å². The Balaban J connectivity index is 2.04. The molecule has 76 valence electrons. The van der Waals surface area contributed by atoms with E-state index < -0.39 is 5.60 Å². The van der Waals surface area contributed by atoms with Crippen LogP contribution in [0.3, 0.4) is 0 Å². The van der Waals surface area contributed by atoms with Crippen molar-refractivity contribution in [2.75, 3.05) is 0 Å². The van der Waals surface area contributed by atoms with Gasteiger partial charge in [0.1, 0.15) is 0 Å². The molecule has 3 rings (SSSR count). The van der Waals surface area contributed by atoms with Gasteiger partial charge in [-0.05, 0) is 31.8 Å². The van der Waals surface area contributed by atoms with Crippen LogP contribution in [0.1, 0.15) is 38.5 Å². The Kier molecular flexibility index (Phi) is 1.67. The number of carbonyl (C=O) groups excluding carboxylic acids is 1. The minimum atomic E-state index is -0.529. The van der Waals surface area contributed by atoms with Gasteiger partial charge in [-0.25, -0.2) is 0 Å². The second-order valence-corrected chi connectivity index (χ2v) is 5.06. The summed E-state index contributed by atoms with van der Waals surface area (Å²) in [7, 11) is 0. The number of allylic oxidation sites excluding steroid dienone is 1. The number of ketones is 1. The van der Waals surface area contributed by atoms with Crippen LogP contribution in [-0.2, 0) is 4.79 Å². The van der Waals surface area contributed by atoms with Crippen molar-refractivity contribution in [1.82, 2.24) is 0 Å². The Morgan fingerprint density at radius 2 is 2.21 bits per heavy atom. The fraction of sp³-hybridized carbons (Fsp3) is 0.750. The molecule has 3 aliphatic carbocycles. The lowest BCUT2D eigenvalue weighted by Crippen LogP contribution is -2.36. The van der Waals surface area contributed by atoms with E-state index in [0.717, 1.165) is 38.5 Å². The van der Waals surface area contributed by atoms with Gasteiger partial charge in [-0.1, -0.05) is 18.4 Å². The SMILES string of the molecule is O=C1C=C2CCC3(O)CCCCC1C23. The maximum absolute atomic E-state index is 11.7. The average Bonchev–Trinajstić information content (AvgIpc) is 2.54. The average molecular weight is 192 g/mol. The van der Waals surface area contributed by atoms with Crippen molar-refractivity contribution in [2.24, 2.45) is 11.8 Å². The lowest BCUT2D eigenvalue weighted by Gasteiger charge is -2.30. The first-order valence-electron chi connectivity index (χ1n) is 5.67. The van der Waals surface area contributed by atoms with Crippen molar-refractivity contribution in [3.8, 4) is 0 Å². The van der Waals surface area contributed by atoms with Crippen LogP contribution in [-0.4, -0.2) is 16.5 Å². The molecule has 0 bridgehead atoms. The third kappa shape index (κ3) is 0.977. The summed E-state index contributed by atoms with van der Waals surface area (Å²) in [6.07, 6.45) is 7.74. The number of hydrogen-bond acceptors (Lipinski definition) is 2. The predicted molar refractivity (Wildman–Crippen MR) is 52.7 cm³/mol. The standard InChI is InChI=1S/C12H16O2/c13-10-7-8-4-6-12(14)5-2-1-3-9(10)11(8)12/h7,9,11,14H,1-6H2. The molecule has 0 aromatic carbocycles. The van der Waals surface area contributed by atoms with E-state index in [-0.39, 0.29) is 17.6 Å². The van der Waals surface area contributed by atoms with E-state index in [0.29, 0.717) is 0 Å². The highest BCUT2D eigenvalue weighted by Gasteiger charge is 2.53. The molecule has 2 nitrogen and oxygen atoms in total. The summed E-state index contributed by atoms with van der Waals surface area (Å²) in [5.74, 6) is 0.600. The third-order valence-electron chi connectivity index (χ3n) is 4.30. The Hall–Kier alpha value is -0.630. The number of hydrogen-bond donors (Lipinski definition) is 1. The molecular weight excluding hydrogens is 176 g/mol. The first-order valence-corrected chi connectivity index (χ1v) is 5.67. The number of aliphatic hydroxyl groups is 1. The van der Waals surface area contributed by atoms with Crippen molar-refractivity contribution in [1.29, 1.82) is 0 Å². The smallest absolute Gasteiger partial charge is 0.159 e. The summed E-state index contributed by atoms with van der Waals surface area (Å²) in [4.78, 5) is 11.7. The first-order chi connectivity index (χ1) is 6.71. The van der Waals surface area contributed by atoms with Crippen LogP contribution < -0.4 is 0 Å². The Morgan fingerprint density at radius 3 is 3.07 bits per heavy atom. The zero-order chi connectivity index (χ0) is 9.76. The minimum Gasteiger partial charge on any atom is -0.389 e. The van der Waals surface area contributed by atoms with Crippen LogP contribution in [0.2, 0.25) is 0 Å². The molecule has 3 atom stereocenters. The molecule has 2 fully saturated rings. The van der Waals surface area contributed by atoms with E-state index in [1.807, 2.05) is 6.08 Å². The third-order valence-corrected chi connectivity index (χ3v) is 4.30. The lowest BCUT2D eigenvalue weighted by atomic mass is 9.80. The molecule has 0 aromatic heterocycles. The molecule has 0 heterocycles. The van der Waals surface area contributed by atoms with Gasteiger partial charge in [0.15, 0.2) is 5.78 Å². The lowest BCUT2D eigenvalue weighted by molar-refractivity contribution is -0.121. The molecule has 0 radical (unpaired) electrons. The summed E-state index contributed by atoms with van der Waals surface area (Å²) >= 11 is 0. The summed E-state index contributed by atoms with van der Waals surface area (Å²) < 4.78 is 0. The minimum absolute atomic E-state index is 0.125. The van der Waals surface area contributed by atoms with E-state index in [2.05, 4.69) is 0 Å². The van der Waals surface area contributed by atoms with Crippen LogP contribution in [0, 0.1) is 11.8 Å². The highest BCUT2D eigenvalue weighted by molar-refractivity contribution is 5.96. The molecule has 0 amide bonds. The topological polar surface area (TPSA) is 37.3 Å². The zero-order valence-corrected chi connectivity index (χ0v) is 8.33. The zero-order valence-electron chi connectivity index (χ0n) is 8.33.